The second-order valence-electron chi connectivity index (χ2n) is 5.30. The minimum Gasteiger partial charge on any atom is -0.484 e. The van der Waals surface area contributed by atoms with Crippen molar-refractivity contribution in [1.29, 1.82) is 0 Å². The molecule has 26 heavy (non-hydrogen) atoms. The summed E-state index contributed by atoms with van der Waals surface area (Å²) in [5, 5.41) is 18.1. The number of hydrogen-bond donors (Lipinski definition) is 3. The van der Waals surface area contributed by atoms with Crippen molar-refractivity contribution in [2.75, 3.05) is 6.54 Å². The van der Waals surface area contributed by atoms with Gasteiger partial charge in [0.2, 0.25) is 0 Å². The molecule has 0 saturated carbocycles. The summed E-state index contributed by atoms with van der Waals surface area (Å²) in [5.74, 6) is -2.70. The van der Waals surface area contributed by atoms with E-state index in [0.29, 0.717) is 6.54 Å². The number of hydrogen-bond acceptors (Lipinski definition) is 5. The summed E-state index contributed by atoms with van der Waals surface area (Å²) in [5.41, 5.74) is 6.91. The summed E-state index contributed by atoms with van der Waals surface area (Å²) < 4.78 is 7.44. The van der Waals surface area contributed by atoms with Gasteiger partial charge in [0.05, 0.1) is 4.70 Å². The molecule has 3 rings (SSSR count). The van der Waals surface area contributed by atoms with Gasteiger partial charge in [0.25, 0.3) is 0 Å². The number of ether oxygens (including phenoxy) is 1. The molecule has 1 atom stereocenters. The summed E-state index contributed by atoms with van der Waals surface area (Å²) in [7, 11) is 0. The summed E-state index contributed by atoms with van der Waals surface area (Å²) >= 11 is 1.71. The van der Waals surface area contributed by atoms with Crippen LogP contribution in [0.2, 0.25) is 0 Å². The predicted octanol–water partition coefficient (Wildman–Crippen LogP) is 3.53. The fraction of sp³-hybridized carbons (Fsp3) is 0.158. The smallest absolute Gasteiger partial charge is 0.414 e. The van der Waals surface area contributed by atoms with Crippen molar-refractivity contribution in [3.05, 3.63) is 65.5 Å². The second-order valence-corrected chi connectivity index (χ2v) is 6.22. The first-order valence-electron chi connectivity index (χ1n) is 7.87. The normalized spacial score (nSPS) is 11.3. The predicted molar refractivity (Wildman–Crippen MR) is 101 cm³/mol. The van der Waals surface area contributed by atoms with Crippen LogP contribution in [0.1, 0.15) is 18.1 Å². The highest BCUT2D eigenvalue weighted by molar-refractivity contribution is 7.17. The highest BCUT2D eigenvalue weighted by Gasteiger charge is 2.14. The van der Waals surface area contributed by atoms with E-state index in [1.165, 1.54) is 15.6 Å². The Bertz CT molecular complexity index is 851. The summed E-state index contributed by atoms with van der Waals surface area (Å²) in [6.45, 7) is 0.611. The number of thiophene rings is 1. The van der Waals surface area contributed by atoms with Crippen molar-refractivity contribution in [3.8, 4) is 5.75 Å². The maximum absolute atomic E-state index is 9.10. The Morgan fingerprint density at radius 1 is 1.00 bits per heavy atom. The number of carboxylic acids is 2. The monoisotopic (exact) mass is 373 g/mol. The van der Waals surface area contributed by atoms with Crippen molar-refractivity contribution in [1.82, 2.24) is 0 Å². The van der Waals surface area contributed by atoms with Crippen LogP contribution >= 0.6 is 11.3 Å². The molecule has 0 unspecified atom stereocenters. The minimum absolute atomic E-state index is 0.00824. The van der Waals surface area contributed by atoms with Crippen LogP contribution in [0.3, 0.4) is 0 Å². The molecule has 0 aliphatic carbocycles. The van der Waals surface area contributed by atoms with Gasteiger partial charge in [-0.05, 0) is 35.0 Å². The van der Waals surface area contributed by atoms with Gasteiger partial charge in [0, 0.05) is 6.42 Å². The number of carbonyl (C=O) groups is 2. The van der Waals surface area contributed by atoms with Gasteiger partial charge in [-0.15, -0.1) is 11.3 Å². The fourth-order valence-corrected chi connectivity index (χ4v) is 3.18. The molecule has 0 fully saturated rings. The van der Waals surface area contributed by atoms with Gasteiger partial charge >= 0.3 is 11.9 Å². The molecule has 1 heterocycles. The molecule has 0 aliphatic heterocycles. The van der Waals surface area contributed by atoms with Gasteiger partial charge in [-0.2, -0.15) is 0 Å². The zero-order chi connectivity index (χ0) is 18.9. The number of rotatable bonds is 5. The van der Waals surface area contributed by atoms with Crippen LogP contribution in [0, 0.1) is 0 Å². The quantitative estimate of drug-likeness (QED) is 0.590. The molecular formula is C19H19NO5S. The SMILES string of the molecule is NCC[C@H](Oc1cccc2ccsc12)c1ccccc1.O=C(O)C(=O)O. The van der Waals surface area contributed by atoms with Gasteiger partial charge in [-0.3, -0.25) is 0 Å². The van der Waals surface area contributed by atoms with Crippen LogP contribution in [0.5, 0.6) is 5.75 Å². The number of benzene rings is 2. The molecule has 0 radical (unpaired) electrons. The van der Waals surface area contributed by atoms with Crippen LogP contribution in [-0.4, -0.2) is 28.7 Å². The zero-order valence-corrected chi connectivity index (χ0v) is 14.7. The first kappa shape index (κ1) is 19.4. The third kappa shape index (κ3) is 5.30. The highest BCUT2D eigenvalue weighted by atomic mass is 32.1. The summed E-state index contributed by atoms with van der Waals surface area (Å²) in [4.78, 5) is 18.2. The number of fused-ring (bicyclic) bond motifs is 1. The maximum Gasteiger partial charge on any atom is 0.414 e. The van der Waals surface area contributed by atoms with Crippen LogP contribution in [-0.2, 0) is 9.59 Å². The standard InChI is InChI=1S/C17H17NOS.C2H2O4/c18-11-9-15(13-5-2-1-3-6-13)19-16-8-4-7-14-10-12-20-17(14)16;3-1(4)2(5)6/h1-8,10,12,15H,9,11,18H2;(H,3,4)(H,5,6)/t15-;/m0./s1. The number of carboxylic acid groups (broad SMARTS) is 2. The lowest BCUT2D eigenvalue weighted by Gasteiger charge is -2.19. The van der Waals surface area contributed by atoms with E-state index in [0.717, 1.165) is 12.2 Å². The van der Waals surface area contributed by atoms with Crippen LogP contribution in [0.15, 0.2) is 60.0 Å². The van der Waals surface area contributed by atoms with Crippen molar-refractivity contribution in [2.45, 2.75) is 12.5 Å². The average molecular weight is 373 g/mol. The highest BCUT2D eigenvalue weighted by Crippen LogP contribution is 2.34. The lowest BCUT2D eigenvalue weighted by atomic mass is 10.1. The minimum atomic E-state index is -1.82. The largest absolute Gasteiger partial charge is 0.484 e. The molecule has 2 aromatic carbocycles. The molecule has 0 saturated heterocycles. The molecular weight excluding hydrogens is 354 g/mol. The molecule has 0 aliphatic rings. The molecule has 7 heteroatoms. The second kappa shape index (κ2) is 9.55. The molecule has 136 valence electrons. The zero-order valence-electron chi connectivity index (χ0n) is 13.9. The molecule has 4 N–H and O–H groups in total. The van der Waals surface area contributed by atoms with E-state index in [9.17, 15) is 0 Å². The third-order valence-corrected chi connectivity index (χ3v) is 4.44. The van der Waals surface area contributed by atoms with E-state index in [2.05, 4.69) is 29.6 Å². The van der Waals surface area contributed by atoms with Gasteiger partial charge in [0.15, 0.2) is 0 Å². The maximum atomic E-state index is 9.10. The van der Waals surface area contributed by atoms with E-state index in [-0.39, 0.29) is 6.10 Å². The van der Waals surface area contributed by atoms with Crippen molar-refractivity contribution in [2.24, 2.45) is 5.73 Å². The molecule has 1 aromatic heterocycles. The van der Waals surface area contributed by atoms with Gasteiger partial charge in [0.1, 0.15) is 11.9 Å². The molecule has 6 nitrogen and oxygen atoms in total. The Balaban J connectivity index is 0.000000352. The number of nitrogens with two attached hydrogens (primary N) is 1. The summed E-state index contributed by atoms with van der Waals surface area (Å²) in [6.07, 6.45) is 0.820. The Morgan fingerprint density at radius 2 is 1.69 bits per heavy atom. The first-order chi connectivity index (χ1) is 12.5. The summed E-state index contributed by atoms with van der Waals surface area (Å²) in [6, 6.07) is 18.6. The third-order valence-electron chi connectivity index (χ3n) is 3.50. The van der Waals surface area contributed by atoms with Gasteiger partial charge in [-0.25, -0.2) is 9.59 Å². The van der Waals surface area contributed by atoms with Gasteiger partial charge < -0.3 is 20.7 Å². The van der Waals surface area contributed by atoms with E-state index in [1.54, 1.807) is 11.3 Å². The number of aliphatic carboxylic acids is 2. The van der Waals surface area contributed by atoms with Crippen LogP contribution < -0.4 is 10.5 Å². The topological polar surface area (TPSA) is 110 Å². The van der Waals surface area contributed by atoms with Crippen molar-refractivity contribution >= 4 is 33.4 Å². The van der Waals surface area contributed by atoms with E-state index in [4.69, 9.17) is 30.3 Å². The Morgan fingerprint density at radius 3 is 2.31 bits per heavy atom. The fourth-order valence-electron chi connectivity index (χ4n) is 2.32. The first-order valence-corrected chi connectivity index (χ1v) is 8.75. The lowest BCUT2D eigenvalue weighted by Crippen LogP contribution is -2.13. The Hall–Kier alpha value is -2.90. The van der Waals surface area contributed by atoms with Crippen molar-refractivity contribution in [3.63, 3.8) is 0 Å². The van der Waals surface area contributed by atoms with Gasteiger partial charge in [-0.1, -0.05) is 42.5 Å². The Kier molecular flexibility index (Phi) is 7.13. The molecule has 3 aromatic rings. The lowest BCUT2D eigenvalue weighted by molar-refractivity contribution is -0.159. The van der Waals surface area contributed by atoms with Crippen molar-refractivity contribution < 1.29 is 24.5 Å². The molecule has 0 bridgehead atoms. The average Bonchev–Trinajstić information content (AvgIpc) is 3.12. The van der Waals surface area contributed by atoms with E-state index < -0.39 is 11.9 Å². The van der Waals surface area contributed by atoms with Crippen LogP contribution in [0.4, 0.5) is 0 Å². The Labute approximate surface area is 154 Å². The van der Waals surface area contributed by atoms with E-state index in [1.807, 2.05) is 30.3 Å². The molecule has 0 spiro atoms. The molecule has 0 amide bonds. The van der Waals surface area contributed by atoms with Crippen LogP contribution in [0.25, 0.3) is 10.1 Å². The van der Waals surface area contributed by atoms with E-state index >= 15 is 0 Å².